The molecular weight excluding hydrogens is 309 g/mol. The van der Waals surface area contributed by atoms with Crippen molar-refractivity contribution in [3.05, 3.63) is 29.8 Å². The second kappa shape index (κ2) is 5.30. The number of hydrogen-bond donors (Lipinski definition) is 1. The molecule has 1 saturated heterocycles. The van der Waals surface area contributed by atoms with E-state index in [1.807, 2.05) is 0 Å². The van der Waals surface area contributed by atoms with Gasteiger partial charge in [0.25, 0.3) is 0 Å². The highest BCUT2D eigenvalue weighted by molar-refractivity contribution is 7.89. The molecule has 0 aromatic heterocycles. The van der Waals surface area contributed by atoms with Gasteiger partial charge in [-0.1, -0.05) is 0 Å². The summed E-state index contributed by atoms with van der Waals surface area (Å²) in [6.07, 6.45) is -3.74. The van der Waals surface area contributed by atoms with E-state index in [-0.39, 0.29) is 11.4 Å². The minimum absolute atomic E-state index is 0.122. The van der Waals surface area contributed by atoms with Crippen molar-refractivity contribution in [1.82, 2.24) is 4.31 Å². The third kappa shape index (κ3) is 3.03. The molecule has 5 nitrogen and oxygen atoms in total. The van der Waals surface area contributed by atoms with Crippen LogP contribution in [0.25, 0.3) is 0 Å². The second-order valence-electron chi connectivity index (χ2n) is 4.70. The molecule has 1 fully saturated rings. The van der Waals surface area contributed by atoms with Crippen molar-refractivity contribution >= 4 is 15.9 Å². The van der Waals surface area contributed by atoms with Gasteiger partial charge in [-0.05, 0) is 37.1 Å². The summed E-state index contributed by atoms with van der Waals surface area (Å²) in [7, 11) is -4.03. The minimum atomic E-state index is -4.54. The van der Waals surface area contributed by atoms with Crippen LogP contribution in [-0.2, 0) is 21.0 Å². The number of benzene rings is 1. The molecule has 0 bridgehead atoms. The van der Waals surface area contributed by atoms with Crippen LogP contribution in [0.5, 0.6) is 0 Å². The van der Waals surface area contributed by atoms with E-state index in [2.05, 4.69) is 0 Å². The summed E-state index contributed by atoms with van der Waals surface area (Å²) in [6.45, 7) is 0.122. The Labute approximate surface area is 119 Å². The van der Waals surface area contributed by atoms with Crippen LogP contribution in [0.15, 0.2) is 29.2 Å². The molecule has 0 spiro atoms. The van der Waals surface area contributed by atoms with E-state index in [0.29, 0.717) is 25.0 Å². The SMILES string of the molecule is NC(=O)[C@H]1CCCN1S(=O)(=O)c1ccc(C(F)(F)F)cc1. The first kappa shape index (κ1) is 15.8. The van der Waals surface area contributed by atoms with E-state index in [9.17, 15) is 26.4 Å². The number of halogens is 3. The second-order valence-corrected chi connectivity index (χ2v) is 6.59. The fourth-order valence-corrected chi connectivity index (χ4v) is 3.93. The number of amides is 1. The number of nitrogens with two attached hydrogens (primary N) is 1. The van der Waals surface area contributed by atoms with E-state index in [4.69, 9.17) is 5.73 Å². The highest BCUT2D eigenvalue weighted by atomic mass is 32.2. The van der Waals surface area contributed by atoms with Crippen LogP contribution in [0.3, 0.4) is 0 Å². The summed E-state index contributed by atoms with van der Waals surface area (Å²) in [5.74, 6) is -0.761. The molecule has 0 aliphatic carbocycles. The van der Waals surface area contributed by atoms with Gasteiger partial charge < -0.3 is 5.73 Å². The fourth-order valence-electron chi connectivity index (χ4n) is 2.26. The van der Waals surface area contributed by atoms with Crippen molar-refractivity contribution in [2.45, 2.75) is 30.0 Å². The van der Waals surface area contributed by atoms with Crippen molar-refractivity contribution in [3.63, 3.8) is 0 Å². The van der Waals surface area contributed by atoms with Gasteiger partial charge in [-0.2, -0.15) is 17.5 Å². The molecule has 1 aliphatic heterocycles. The quantitative estimate of drug-likeness (QED) is 0.912. The molecule has 116 valence electrons. The van der Waals surface area contributed by atoms with Gasteiger partial charge in [0.1, 0.15) is 6.04 Å². The van der Waals surface area contributed by atoms with Crippen molar-refractivity contribution in [1.29, 1.82) is 0 Å². The van der Waals surface area contributed by atoms with Gasteiger partial charge in [0.2, 0.25) is 15.9 Å². The number of sulfonamides is 1. The molecule has 1 heterocycles. The maximum atomic E-state index is 12.5. The van der Waals surface area contributed by atoms with E-state index < -0.39 is 33.7 Å². The molecule has 2 N–H and O–H groups in total. The van der Waals surface area contributed by atoms with Crippen molar-refractivity contribution < 1.29 is 26.4 Å². The lowest BCUT2D eigenvalue weighted by Gasteiger charge is -2.21. The Balaban J connectivity index is 2.34. The van der Waals surface area contributed by atoms with Crippen LogP contribution in [0.1, 0.15) is 18.4 Å². The van der Waals surface area contributed by atoms with E-state index in [1.165, 1.54) is 0 Å². The molecule has 9 heteroatoms. The number of primary amides is 1. The van der Waals surface area contributed by atoms with Gasteiger partial charge in [-0.25, -0.2) is 8.42 Å². The molecule has 1 aliphatic rings. The Hall–Kier alpha value is -1.61. The maximum absolute atomic E-state index is 12.5. The van der Waals surface area contributed by atoms with E-state index in [1.54, 1.807) is 0 Å². The molecule has 21 heavy (non-hydrogen) atoms. The van der Waals surface area contributed by atoms with Crippen LogP contribution in [0.4, 0.5) is 13.2 Å². The summed E-state index contributed by atoms with van der Waals surface area (Å²) in [5.41, 5.74) is 4.21. The zero-order valence-corrected chi connectivity index (χ0v) is 11.6. The molecular formula is C12H13F3N2O3S. The maximum Gasteiger partial charge on any atom is 0.416 e. The summed E-state index contributed by atoms with van der Waals surface area (Å²) < 4.78 is 63.0. The van der Waals surface area contributed by atoms with Gasteiger partial charge in [0, 0.05) is 6.54 Å². The van der Waals surface area contributed by atoms with Crippen molar-refractivity contribution in [2.24, 2.45) is 5.73 Å². The normalized spacial score (nSPS) is 20.6. The fraction of sp³-hybridized carbons (Fsp3) is 0.417. The first-order valence-electron chi connectivity index (χ1n) is 6.12. The highest BCUT2D eigenvalue weighted by Gasteiger charge is 2.39. The molecule has 1 atom stereocenters. The lowest BCUT2D eigenvalue weighted by molar-refractivity contribution is -0.137. The van der Waals surface area contributed by atoms with Crippen molar-refractivity contribution in [3.8, 4) is 0 Å². The third-order valence-electron chi connectivity index (χ3n) is 3.32. The van der Waals surface area contributed by atoms with Gasteiger partial charge in [0.15, 0.2) is 0 Å². The Morgan fingerprint density at radius 2 is 1.81 bits per heavy atom. The minimum Gasteiger partial charge on any atom is -0.368 e. The number of alkyl halides is 3. The summed E-state index contributed by atoms with van der Waals surface area (Å²) in [5, 5.41) is 0. The monoisotopic (exact) mass is 322 g/mol. The van der Waals surface area contributed by atoms with Crippen LogP contribution in [-0.4, -0.2) is 31.2 Å². The first-order valence-corrected chi connectivity index (χ1v) is 7.56. The van der Waals surface area contributed by atoms with E-state index >= 15 is 0 Å². The number of carbonyl (C=O) groups is 1. The summed E-state index contributed by atoms with van der Waals surface area (Å²) in [4.78, 5) is 11.0. The summed E-state index contributed by atoms with van der Waals surface area (Å²) in [6, 6.07) is 2.21. The topological polar surface area (TPSA) is 80.5 Å². The first-order chi connectivity index (χ1) is 9.64. The van der Waals surface area contributed by atoms with Crippen LogP contribution in [0.2, 0.25) is 0 Å². The van der Waals surface area contributed by atoms with Crippen LogP contribution >= 0.6 is 0 Å². The molecule has 1 aromatic carbocycles. The van der Waals surface area contributed by atoms with Gasteiger partial charge in [-0.15, -0.1) is 0 Å². The molecule has 1 amide bonds. The largest absolute Gasteiger partial charge is 0.416 e. The van der Waals surface area contributed by atoms with Gasteiger partial charge >= 0.3 is 6.18 Å². The van der Waals surface area contributed by atoms with Crippen LogP contribution in [0, 0.1) is 0 Å². The average Bonchev–Trinajstić information content (AvgIpc) is 2.88. The van der Waals surface area contributed by atoms with Gasteiger partial charge in [-0.3, -0.25) is 4.79 Å². The Kier molecular flexibility index (Phi) is 3.98. The van der Waals surface area contributed by atoms with E-state index in [0.717, 1.165) is 16.4 Å². The average molecular weight is 322 g/mol. The zero-order chi connectivity index (χ0) is 15.8. The molecule has 2 rings (SSSR count). The molecule has 0 saturated carbocycles. The number of hydrogen-bond acceptors (Lipinski definition) is 3. The zero-order valence-electron chi connectivity index (χ0n) is 10.8. The smallest absolute Gasteiger partial charge is 0.368 e. The third-order valence-corrected chi connectivity index (χ3v) is 5.24. The molecule has 0 radical (unpaired) electrons. The molecule has 1 aromatic rings. The van der Waals surface area contributed by atoms with Crippen molar-refractivity contribution in [2.75, 3.05) is 6.54 Å². The number of rotatable bonds is 3. The number of carbonyl (C=O) groups excluding carboxylic acids is 1. The lowest BCUT2D eigenvalue weighted by atomic mass is 10.2. The standard InChI is InChI=1S/C12H13F3N2O3S/c13-12(14,15)8-3-5-9(6-4-8)21(19,20)17-7-1-2-10(17)11(16)18/h3-6,10H,1-2,7H2,(H2,16,18)/t10-/m1/s1. The summed E-state index contributed by atoms with van der Waals surface area (Å²) >= 11 is 0. The Bertz CT molecular complexity index is 641. The Morgan fingerprint density at radius 3 is 2.29 bits per heavy atom. The highest BCUT2D eigenvalue weighted by Crippen LogP contribution is 2.31. The number of nitrogens with zero attached hydrogens (tertiary/aromatic N) is 1. The molecule has 0 unspecified atom stereocenters. The van der Waals surface area contributed by atoms with Gasteiger partial charge in [0.05, 0.1) is 10.5 Å². The lowest BCUT2D eigenvalue weighted by Crippen LogP contribution is -2.43. The Morgan fingerprint density at radius 1 is 1.24 bits per heavy atom. The van der Waals surface area contributed by atoms with Crippen LogP contribution < -0.4 is 5.73 Å². The predicted molar refractivity (Wildman–Crippen MR) is 67.6 cm³/mol. The predicted octanol–water partition coefficient (Wildman–Crippen LogP) is 1.34.